The van der Waals surface area contributed by atoms with Crippen molar-refractivity contribution in [1.29, 1.82) is 0 Å². The maximum Gasteiger partial charge on any atom is 0.529 e. The molecule has 0 aromatic heterocycles. The number of phosphoric ester groups is 1. The van der Waals surface area contributed by atoms with Crippen molar-refractivity contribution < 1.29 is 18.1 Å². The number of phosphoric acid groups is 1. The van der Waals surface area contributed by atoms with Crippen LogP contribution in [-0.4, -0.2) is 13.2 Å². The van der Waals surface area contributed by atoms with Crippen LogP contribution in [0, 0.1) is 5.92 Å². The Labute approximate surface area is 96.9 Å². The normalized spacial score (nSPS) is 20.7. The van der Waals surface area contributed by atoms with Crippen molar-refractivity contribution in [3.05, 3.63) is 24.0 Å². The van der Waals surface area contributed by atoms with Gasteiger partial charge in [-0.3, -0.25) is 9.05 Å². The van der Waals surface area contributed by atoms with E-state index in [-0.39, 0.29) is 5.92 Å². The molecule has 0 spiro atoms. The van der Waals surface area contributed by atoms with Crippen LogP contribution in [-0.2, 0) is 18.1 Å². The summed E-state index contributed by atoms with van der Waals surface area (Å²) in [5.74, 6) is 0.868. The van der Waals surface area contributed by atoms with Crippen molar-refractivity contribution in [2.24, 2.45) is 5.92 Å². The lowest BCUT2D eigenvalue weighted by Crippen LogP contribution is -2.07. The lowest BCUT2D eigenvalue weighted by molar-refractivity contribution is 0.137. The summed E-state index contributed by atoms with van der Waals surface area (Å²) >= 11 is 0. The molecule has 0 radical (unpaired) electrons. The summed E-state index contributed by atoms with van der Waals surface area (Å²) in [5, 5.41) is 0. The van der Waals surface area contributed by atoms with E-state index in [2.05, 4.69) is 0 Å². The molecule has 1 rings (SSSR count). The molecule has 92 valence electrons. The average Bonchev–Trinajstić information content (AvgIpc) is 2.22. The van der Waals surface area contributed by atoms with Gasteiger partial charge in [-0.05, 0) is 26.3 Å². The van der Waals surface area contributed by atoms with Crippen molar-refractivity contribution in [3.63, 3.8) is 0 Å². The molecule has 0 aromatic carbocycles. The minimum absolute atomic E-state index is 0.208. The molecule has 0 bridgehead atoms. The fourth-order valence-electron chi connectivity index (χ4n) is 1.38. The zero-order valence-corrected chi connectivity index (χ0v) is 10.9. The molecule has 4 nitrogen and oxygen atoms in total. The van der Waals surface area contributed by atoms with Gasteiger partial charge >= 0.3 is 7.82 Å². The van der Waals surface area contributed by atoms with E-state index in [0.717, 1.165) is 6.42 Å². The van der Waals surface area contributed by atoms with Gasteiger partial charge in [0.15, 0.2) is 0 Å². The van der Waals surface area contributed by atoms with Crippen LogP contribution in [0.25, 0.3) is 0 Å². The molecule has 0 saturated carbocycles. The van der Waals surface area contributed by atoms with Gasteiger partial charge in [0.05, 0.1) is 13.2 Å². The van der Waals surface area contributed by atoms with Gasteiger partial charge in [-0.15, -0.1) is 0 Å². The van der Waals surface area contributed by atoms with E-state index in [1.165, 1.54) is 0 Å². The molecule has 0 fully saturated rings. The summed E-state index contributed by atoms with van der Waals surface area (Å²) in [6, 6.07) is 0. The van der Waals surface area contributed by atoms with Crippen molar-refractivity contribution in [1.82, 2.24) is 0 Å². The number of hydrogen-bond donors (Lipinski definition) is 0. The fraction of sp³-hybridized carbons (Fsp3) is 0.636. The SMILES string of the molecule is CCOP(=O)(OCC)OC1=CC=CCC1C. The van der Waals surface area contributed by atoms with Gasteiger partial charge < -0.3 is 4.52 Å². The highest BCUT2D eigenvalue weighted by molar-refractivity contribution is 7.48. The van der Waals surface area contributed by atoms with Gasteiger partial charge in [0.25, 0.3) is 0 Å². The summed E-state index contributed by atoms with van der Waals surface area (Å²) in [6.07, 6.45) is 6.62. The predicted octanol–water partition coefficient (Wildman–Crippen LogP) is 3.66. The number of allylic oxidation sites excluding steroid dienone is 4. The first-order chi connectivity index (χ1) is 7.61. The maximum absolute atomic E-state index is 12.1. The van der Waals surface area contributed by atoms with E-state index in [9.17, 15) is 4.57 Å². The molecule has 0 heterocycles. The second-order valence-electron chi connectivity index (χ2n) is 3.51. The molecule has 0 aromatic rings. The van der Waals surface area contributed by atoms with Crippen molar-refractivity contribution >= 4 is 7.82 Å². The van der Waals surface area contributed by atoms with E-state index in [4.69, 9.17) is 13.6 Å². The smallest absolute Gasteiger partial charge is 0.408 e. The van der Waals surface area contributed by atoms with Gasteiger partial charge in [0.2, 0.25) is 0 Å². The Bertz CT molecular complexity index is 312. The van der Waals surface area contributed by atoms with Crippen LogP contribution in [0.4, 0.5) is 0 Å². The molecule has 0 saturated heterocycles. The van der Waals surface area contributed by atoms with E-state index >= 15 is 0 Å². The highest BCUT2D eigenvalue weighted by Crippen LogP contribution is 2.52. The van der Waals surface area contributed by atoms with Gasteiger partial charge in [-0.25, -0.2) is 4.57 Å². The highest BCUT2D eigenvalue weighted by atomic mass is 31.2. The van der Waals surface area contributed by atoms with Crippen molar-refractivity contribution in [2.75, 3.05) is 13.2 Å². The molecule has 0 N–H and O–H groups in total. The van der Waals surface area contributed by atoms with Crippen LogP contribution in [0.15, 0.2) is 24.0 Å². The first-order valence-electron chi connectivity index (χ1n) is 5.56. The Morgan fingerprint density at radius 3 is 2.50 bits per heavy atom. The molecule has 1 aliphatic rings. The molecule has 0 aliphatic heterocycles. The third-order valence-corrected chi connectivity index (χ3v) is 3.75. The molecular formula is C11H19O4P. The monoisotopic (exact) mass is 246 g/mol. The molecule has 5 heteroatoms. The quantitative estimate of drug-likeness (QED) is 0.671. The lowest BCUT2D eigenvalue weighted by atomic mass is 10.0. The first kappa shape index (κ1) is 13.5. The Balaban J connectivity index is 2.71. The minimum Gasteiger partial charge on any atom is -0.408 e. The molecule has 1 atom stereocenters. The Morgan fingerprint density at radius 1 is 1.38 bits per heavy atom. The molecular weight excluding hydrogens is 227 g/mol. The Hall–Kier alpha value is -0.570. The summed E-state index contributed by atoms with van der Waals surface area (Å²) in [5.41, 5.74) is 0. The van der Waals surface area contributed by atoms with E-state index in [1.54, 1.807) is 19.9 Å². The first-order valence-corrected chi connectivity index (χ1v) is 7.02. The van der Waals surface area contributed by atoms with Crippen LogP contribution < -0.4 is 0 Å². The van der Waals surface area contributed by atoms with Crippen molar-refractivity contribution in [3.8, 4) is 0 Å². The molecule has 0 amide bonds. The second kappa shape index (κ2) is 6.24. The third kappa shape index (κ3) is 3.78. The minimum atomic E-state index is -3.43. The largest absolute Gasteiger partial charge is 0.529 e. The van der Waals surface area contributed by atoms with Gasteiger partial charge in [-0.2, -0.15) is 0 Å². The number of hydrogen-bond acceptors (Lipinski definition) is 4. The van der Waals surface area contributed by atoms with Gasteiger partial charge in [0.1, 0.15) is 5.76 Å². The van der Waals surface area contributed by atoms with Crippen LogP contribution in [0.1, 0.15) is 27.2 Å². The fourth-order valence-corrected chi connectivity index (χ4v) is 2.69. The van der Waals surface area contributed by atoms with Crippen LogP contribution in [0.2, 0.25) is 0 Å². The zero-order valence-electron chi connectivity index (χ0n) is 10.0. The van der Waals surface area contributed by atoms with E-state index in [1.807, 2.05) is 19.1 Å². The third-order valence-electron chi connectivity index (χ3n) is 2.16. The molecule has 1 aliphatic carbocycles. The predicted molar refractivity (Wildman–Crippen MR) is 62.9 cm³/mol. The van der Waals surface area contributed by atoms with E-state index in [0.29, 0.717) is 19.0 Å². The van der Waals surface area contributed by atoms with Crippen LogP contribution in [0.3, 0.4) is 0 Å². The second-order valence-corrected chi connectivity index (χ2v) is 5.10. The summed E-state index contributed by atoms with van der Waals surface area (Å²) in [4.78, 5) is 0. The highest BCUT2D eigenvalue weighted by Gasteiger charge is 2.30. The van der Waals surface area contributed by atoms with Crippen LogP contribution >= 0.6 is 7.82 Å². The van der Waals surface area contributed by atoms with Crippen LogP contribution in [0.5, 0.6) is 0 Å². The lowest BCUT2D eigenvalue weighted by Gasteiger charge is -2.23. The summed E-state index contributed by atoms with van der Waals surface area (Å²) < 4.78 is 27.6. The number of rotatable bonds is 6. The Kier molecular flexibility index (Phi) is 5.26. The molecule has 16 heavy (non-hydrogen) atoms. The summed E-state index contributed by atoms with van der Waals surface area (Å²) in [7, 11) is -3.43. The molecule has 1 unspecified atom stereocenters. The van der Waals surface area contributed by atoms with Gasteiger partial charge in [0, 0.05) is 5.92 Å². The standard InChI is InChI=1S/C11H19O4P/c1-4-13-16(12,14-5-2)15-11-9-7-6-8-10(11)3/h6-7,9-10H,4-5,8H2,1-3H3. The maximum atomic E-state index is 12.1. The zero-order chi connectivity index (χ0) is 12.0. The average molecular weight is 246 g/mol. The van der Waals surface area contributed by atoms with E-state index < -0.39 is 7.82 Å². The van der Waals surface area contributed by atoms with Gasteiger partial charge in [-0.1, -0.05) is 19.1 Å². The summed E-state index contributed by atoms with van der Waals surface area (Å²) in [6.45, 7) is 6.13. The topological polar surface area (TPSA) is 44.8 Å². The Morgan fingerprint density at radius 2 is 2.00 bits per heavy atom. The van der Waals surface area contributed by atoms with Crippen molar-refractivity contribution in [2.45, 2.75) is 27.2 Å².